The largest absolute Gasteiger partial charge is 0.478 e. The van der Waals surface area contributed by atoms with Crippen LogP contribution in [0.1, 0.15) is 12.5 Å². The summed E-state index contributed by atoms with van der Waals surface area (Å²) in [6.45, 7) is 1.71. The number of nitrogens with zero attached hydrogens (tertiary/aromatic N) is 1. The van der Waals surface area contributed by atoms with E-state index in [1.165, 1.54) is 3.97 Å². The number of hydrogen-bond donors (Lipinski definition) is 1. The lowest BCUT2D eigenvalue weighted by molar-refractivity contribution is -0.131. The molecule has 1 heterocycles. The van der Waals surface area contributed by atoms with Crippen LogP contribution in [0.4, 0.5) is 0 Å². The maximum Gasteiger partial charge on any atom is 0.328 e. The Morgan fingerprint density at radius 3 is 2.48 bits per heavy atom. The molecule has 128 valence electrons. The Kier molecular flexibility index (Phi) is 4.70. The first-order chi connectivity index (χ1) is 11.8. The number of fused-ring (bicyclic) bond motifs is 1. The van der Waals surface area contributed by atoms with Crippen molar-refractivity contribution in [1.29, 1.82) is 0 Å². The summed E-state index contributed by atoms with van der Waals surface area (Å²) < 4.78 is 27.8. The minimum Gasteiger partial charge on any atom is -0.478 e. The molecule has 0 aliphatic heterocycles. The van der Waals surface area contributed by atoms with Gasteiger partial charge < -0.3 is 5.11 Å². The zero-order valence-electron chi connectivity index (χ0n) is 13.2. The monoisotopic (exact) mass is 467 g/mol. The summed E-state index contributed by atoms with van der Waals surface area (Å²) in [5.74, 6) is -1.02. The van der Waals surface area contributed by atoms with Gasteiger partial charge in [0.2, 0.25) is 0 Å². The van der Waals surface area contributed by atoms with Gasteiger partial charge in [-0.05, 0) is 64.9 Å². The van der Waals surface area contributed by atoms with Crippen LogP contribution in [0.3, 0.4) is 0 Å². The number of aliphatic carboxylic acids is 1. The van der Waals surface area contributed by atoms with E-state index in [0.717, 1.165) is 20.6 Å². The molecule has 0 bridgehead atoms. The Morgan fingerprint density at radius 1 is 1.16 bits per heavy atom. The van der Waals surface area contributed by atoms with E-state index in [1.807, 2.05) is 6.07 Å². The van der Waals surface area contributed by atoms with Gasteiger partial charge in [-0.1, -0.05) is 24.3 Å². The van der Waals surface area contributed by atoms with E-state index >= 15 is 0 Å². The number of halogens is 1. The molecule has 1 N–H and O–H groups in total. The quantitative estimate of drug-likeness (QED) is 0.466. The Labute approximate surface area is 158 Å². The van der Waals surface area contributed by atoms with Gasteiger partial charge in [0.1, 0.15) is 0 Å². The number of allylic oxidation sites excluding steroid dienone is 1. The highest BCUT2D eigenvalue weighted by molar-refractivity contribution is 14.1. The second-order valence-corrected chi connectivity index (χ2v) is 8.47. The van der Waals surface area contributed by atoms with Gasteiger partial charge in [-0.25, -0.2) is 17.2 Å². The molecule has 0 unspecified atom stereocenters. The first kappa shape index (κ1) is 17.7. The molecule has 0 atom stereocenters. The Bertz CT molecular complexity index is 1100. The van der Waals surface area contributed by atoms with Crippen molar-refractivity contribution in [1.82, 2.24) is 3.97 Å². The highest BCUT2D eigenvalue weighted by Crippen LogP contribution is 2.29. The fourth-order valence-corrected chi connectivity index (χ4v) is 4.87. The molecule has 0 saturated carbocycles. The molecule has 0 aliphatic rings. The number of rotatable bonds is 4. The molecule has 5 nitrogen and oxygen atoms in total. The Balaban J connectivity index is 2.19. The van der Waals surface area contributed by atoms with Crippen molar-refractivity contribution in [3.63, 3.8) is 0 Å². The summed E-state index contributed by atoms with van der Waals surface area (Å²) in [5.41, 5.74) is 1.90. The topological polar surface area (TPSA) is 76.4 Å². The van der Waals surface area contributed by atoms with Crippen molar-refractivity contribution in [2.24, 2.45) is 0 Å². The maximum atomic E-state index is 12.9. The molecule has 3 rings (SSSR count). The molecular weight excluding hydrogens is 453 g/mol. The van der Waals surface area contributed by atoms with Crippen molar-refractivity contribution < 1.29 is 18.3 Å². The van der Waals surface area contributed by atoms with Gasteiger partial charge in [-0.3, -0.25) is 0 Å². The molecule has 0 spiro atoms. The Hall–Kier alpha value is -2.13. The molecule has 2 aromatic carbocycles. The molecule has 0 fully saturated rings. The van der Waals surface area contributed by atoms with Crippen LogP contribution < -0.4 is 0 Å². The third-order valence-corrected chi connectivity index (χ3v) is 6.36. The molecule has 0 saturated heterocycles. The van der Waals surface area contributed by atoms with Crippen LogP contribution >= 0.6 is 22.6 Å². The highest BCUT2D eigenvalue weighted by Gasteiger charge is 2.20. The van der Waals surface area contributed by atoms with Crippen molar-refractivity contribution in [2.75, 3.05) is 0 Å². The normalized spacial score (nSPS) is 12.5. The third kappa shape index (κ3) is 3.34. The van der Waals surface area contributed by atoms with Gasteiger partial charge in [0.25, 0.3) is 10.0 Å². The van der Waals surface area contributed by atoms with E-state index in [1.54, 1.807) is 55.6 Å². The van der Waals surface area contributed by atoms with Crippen LogP contribution in [0.2, 0.25) is 0 Å². The molecule has 25 heavy (non-hydrogen) atoms. The SMILES string of the molecule is C/C(=C/C(=O)O)c1ccc2c(c1)c(I)cn2S(=O)(=O)c1ccccc1. The summed E-state index contributed by atoms with van der Waals surface area (Å²) in [4.78, 5) is 11.1. The fourth-order valence-electron chi connectivity index (χ4n) is 2.58. The standard InChI is InChI=1S/C18H14INO4S/c1-12(9-18(21)22)13-7-8-17-15(10-13)16(19)11-20(17)25(23,24)14-5-3-2-4-6-14/h2-11H,1H3,(H,21,22)/b12-9-. The summed E-state index contributed by atoms with van der Waals surface area (Å²) in [5, 5.41) is 9.65. The van der Waals surface area contributed by atoms with Crippen molar-refractivity contribution in [3.8, 4) is 0 Å². The number of carbonyl (C=O) groups is 1. The highest BCUT2D eigenvalue weighted by atomic mass is 127. The minimum atomic E-state index is -3.69. The van der Waals surface area contributed by atoms with Crippen molar-refractivity contribution in [3.05, 3.63) is 69.9 Å². The summed E-state index contributed by atoms with van der Waals surface area (Å²) in [7, 11) is -3.69. The lowest BCUT2D eigenvalue weighted by atomic mass is 10.1. The molecule has 1 aromatic heterocycles. The average molecular weight is 467 g/mol. The first-order valence-electron chi connectivity index (χ1n) is 7.33. The van der Waals surface area contributed by atoms with E-state index in [4.69, 9.17) is 5.11 Å². The van der Waals surface area contributed by atoms with Gasteiger partial charge in [0.15, 0.2) is 0 Å². The first-order valence-corrected chi connectivity index (χ1v) is 9.85. The van der Waals surface area contributed by atoms with Gasteiger partial charge in [-0.2, -0.15) is 0 Å². The second kappa shape index (κ2) is 6.64. The number of hydrogen-bond acceptors (Lipinski definition) is 3. The van der Waals surface area contributed by atoms with Gasteiger partial charge in [0, 0.05) is 21.2 Å². The smallest absolute Gasteiger partial charge is 0.328 e. The summed E-state index contributed by atoms with van der Waals surface area (Å²) >= 11 is 2.08. The predicted octanol–water partition coefficient (Wildman–Crippen LogP) is 3.97. The minimum absolute atomic E-state index is 0.217. The number of aromatic nitrogens is 1. The lowest BCUT2D eigenvalue weighted by Gasteiger charge is -2.08. The van der Waals surface area contributed by atoms with Crippen LogP contribution in [0, 0.1) is 3.57 Å². The van der Waals surface area contributed by atoms with Crippen LogP contribution in [0.15, 0.2) is 65.7 Å². The van der Waals surface area contributed by atoms with Crippen LogP contribution in [-0.4, -0.2) is 23.5 Å². The zero-order valence-corrected chi connectivity index (χ0v) is 16.2. The zero-order chi connectivity index (χ0) is 18.2. The fraction of sp³-hybridized carbons (Fsp3) is 0.0556. The lowest BCUT2D eigenvalue weighted by Crippen LogP contribution is -2.11. The summed E-state index contributed by atoms with van der Waals surface area (Å²) in [6.07, 6.45) is 2.71. The van der Waals surface area contributed by atoms with Crippen LogP contribution in [0.5, 0.6) is 0 Å². The third-order valence-electron chi connectivity index (χ3n) is 3.82. The molecule has 0 aliphatic carbocycles. The van der Waals surface area contributed by atoms with Crippen LogP contribution in [0.25, 0.3) is 16.5 Å². The summed E-state index contributed by atoms with van der Waals surface area (Å²) in [6, 6.07) is 13.5. The van der Waals surface area contributed by atoms with E-state index in [9.17, 15) is 13.2 Å². The van der Waals surface area contributed by atoms with E-state index < -0.39 is 16.0 Å². The number of carboxylic acid groups (broad SMARTS) is 1. The van der Waals surface area contributed by atoms with E-state index in [-0.39, 0.29) is 4.90 Å². The molecule has 0 amide bonds. The van der Waals surface area contributed by atoms with Gasteiger partial charge in [0.05, 0.1) is 10.4 Å². The average Bonchev–Trinajstić information content (AvgIpc) is 2.92. The number of benzene rings is 2. The van der Waals surface area contributed by atoms with E-state index in [2.05, 4.69) is 22.6 Å². The molecule has 7 heteroatoms. The predicted molar refractivity (Wildman–Crippen MR) is 105 cm³/mol. The molecule has 0 radical (unpaired) electrons. The van der Waals surface area contributed by atoms with E-state index in [0.29, 0.717) is 11.1 Å². The Morgan fingerprint density at radius 2 is 1.84 bits per heavy atom. The number of carboxylic acids is 1. The van der Waals surface area contributed by atoms with Gasteiger partial charge in [-0.15, -0.1) is 0 Å². The molecule has 3 aromatic rings. The van der Waals surface area contributed by atoms with Crippen molar-refractivity contribution >= 4 is 55.1 Å². The second-order valence-electron chi connectivity index (χ2n) is 5.49. The van der Waals surface area contributed by atoms with Crippen molar-refractivity contribution in [2.45, 2.75) is 11.8 Å². The van der Waals surface area contributed by atoms with Crippen LogP contribution in [-0.2, 0) is 14.8 Å². The van der Waals surface area contributed by atoms with Gasteiger partial charge >= 0.3 is 5.97 Å². The maximum absolute atomic E-state index is 12.9. The molecular formula is C18H14INO4S.